The van der Waals surface area contributed by atoms with Crippen LogP contribution < -0.4 is 41.4 Å². The molecule has 0 radical (unpaired) electrons. The van der Waals surface area contributed by atoms with Gasteiger partial charge < -0.3 is 50.8 Å². The number of guanidine groups is 2. The Kier molecular flexibility index (Phi) is 18.7. The van der Waals surface area contributed by atoms with Crippen molar-refractivity contribution < 1.29 is 38.1 Å². The molecule has 0 aliphatic carbocycles. The predicted molar refractivity (Wildman–Crippen MR) is 232 cm³/mol. The molecule has 0 spiro atoms. The number of carbonyl (C=O) groups excluding carboxylic acids is 4. The van der Waals surface area contributed by atoms with Crippen LogP contribution in [0.5, 0.6) is 11.5 Å². The van der Waals surface area contributed by atoms with Crippen LogP contribution in [0.3, 0.4) is 0 Å². The molecule has 0 saturated carbocycles. The molecule has 4 rings (SSSR count). The first-order chi connectivity index (χ1) is 29.1. The number of esters is 2. The molecule has 2 atom stereocenters. The molecule has 4 aromatic rings. The quantitative estimate of drug-likeness (QED) is 0.0226. The van der Waals surface area contributed by atoms with Gasteiger partial charge in [0.15, 0.2) is 11.9 Å². The third-order valence-electron chi connectivity index (χ3n) is 9.73. The van der Waals surface area contributed by atoms with Crippen LogP contribution in [0.2, 0.25) is 0 Å². The van der Waals surface area contributed by atoms with E-state index in [-0.39, 0.29) is 49.8 Å². The van der Waals surface area contributed by atoms with Crippen LogP contribution in [0.25, 0.3) is 32.7 Å². The Morgan fingerprint density at radius 3 is 1.35 bits per heavy atom. The lowest BCUT2D eigenvalue weighted by molar-refractivity contribution is -0.145. The highest BCUT2D eigenvalue weighted by atomic mass is 16.5. The van der Waals surface area contributed by atoms with E-state index < -0.39 is 24.0 Å². The summed E-state index contributed by atoms with van der Waals surface area (Å²) in [6.07, 6.45) is 2.77. The summed E-state index contributed by atoms with van der Waals surface area (Å²) in [6, 6.07) is 22.2. The second-order valence-electron chi connectivity index (χ2n) is 13.9. The molecule has 16 nitrogen and oxygen atoms in total. The lowest BCUT2D eigenvalue weighted by atomic mass is 9.92. The van der Waals surface area contributed by atoms with E-state index in [9.17, 15) is 19.2 Å². The highest BCUT2D eigenvalue weighted by molar-refractivity contribution is 6.09. The highest BCUT2D eigenvalue weighted by Crippen LogP contribution is 2.45. The minimum Gasteiger partial charge on any atom is -0.493 e. The van der Waals surface area contributed by atoms with Crippen LogP contribution in [-0.2, 0) is 28.7 Å². The first-order valence-electron chi connectivity index (χ1n) is 20.1. The van der Waals surface area contributed by atoms with Gasteiger partial charge in [-0.05, 0) is 72.2 Å². The fourth-order valence-corrected chi connectivity index (χ4v) is 6.62. The van der Waals surface area contributed by atoms with Gasteiger partial charge in [-0.3, -0.25) is 20.4 Å². The fourth-order valence-electron chi connectivity index (χ4n) is 6.62. The van der Waals surface area contributed by atoms with E-state index in [0.717, 1.165) is 32.7 Å². The van der Waals surface area contributed by atoms with Gasteiger partial charge in [-0.1, -0.05) is 60.7 Å². The molecule has 8 N–H and O–H groups in total. The van der Waals surface area contributed by atoms with E-state index in [1.165, 1.54) is 14.2 Å². The topological polar surface area (TPSA) is 225 Å². The van der Waals surface area contributed by atoms with Crippen LogP contribution in [0.15, 0.2) is 72.8 Å². The fraction of sp³-hybridized carbons (Fsp3) is 0.409. The normalized spacial score (nSPS) is 11.7. The molecule has 0 bridgehead atoms. The van der Waals surface area contributed by atoms with Crippen molar-refractivity contribution in [2.45, 2.75) is 63.5 Å². The summed E-state index contributed by atoms with van der Waals surface area (Å²) in [6.45, 7) is 1.35. The highest BCUT2D eigenvalue weighted by Gasteiger charge is 2.23. The van der Waals surface area contributed by atoms with Crippen molar-refractivity contribution in [3.8, 4) is 22.6 Å². The Hall–Kier alpha value is -6.58. The standard InChI is InChI=1S/C44H58N8O8/c1-47-43(45)49-25-9-17-33(41(55)57-3)51-37(53)19-11-27-59-35-23-21-29-13-5-7-15-31(29)39(35)40-32-16-8-6-14-30(32)22-24-36(40)60-28-12-20-38(54)52-34(42(56)58-4)18-10-26-50-44(46)48-2/h5-8,13-16,21-24,33-34H,9-12,17-20,25-28H2,1-4H3,(H,51,53)(H,52,54)(H3,45,47,49)(H3,46,48,50)/t33-,34-/m1/s1. The average molecular weight is 827 g/mol. The summed E-state index contributed by atoms with van der Waals surface area (Å²) in [5.41, 5.74) is 1.65. The number of ether oxygens (including phenoxy) is 4. The number of amides is 2. The summed E-state index contributed by atoms with van der Waals surface area (Å²) in [5, 5.41) is 35.9. The first kappa shape index (κ1) is 46.1. The Bertz CT molecular complexity index is 1950. The maximum absolute atomic E-state index is 13.0. The molecule has 0 aromatic heterocycles. The third-order valence-corrected chi connectivity index (χ3v) is 9.73. The smallest absolute Gasteiger partial charge is 0.328 e. The van der Waals surface area contributed by atoms with E-state index in [2.05, 4.69) is 31.9 Å². The van der Waals surface area contributed by atoms with Crippen molar-refractivity contribution in [2.24, 2.45) is 0 Å². The third kappa shape index (κ3) is 13.8. The van der Waals surface area contributed by atoms with Gasteiger partial charge in [0, 0.05) is 51.2 Å². The lowest BCUT2D eigenvalue weighted by Gasteiger charge is -2.20. The van der Waals surface area contributed by atoms with Gasteiger partial charge in [0.2, 0.25) is 11.8 Å². The van der Waals surface area contributed by atoms with Gasteiger partial charge in [-0.25, -0.2) is 9.59 Å². The van der Waals surface area contributed by atoms with Gasteiger partial charge in [0.1, 0.15) is 23.6 Å². The molecule has 4 aromatic carbocycles. The summed E-state index contributed by atoms with van der Waals surface area (Å²) < 4.78 is 22.7. The van der Waals surface area contributed by atoms with Crippen molar-refractivity contribution in [3.05, 3.63) is 72.8 Å². The van der Waals surface area contributed by atoms with Crippen LogP contribution in [0, 0.1) is 10.8 Å². The Morgan fingerprint density at radius 2 is 0.967 bits per heavy atom. The molecular formula is C44H58N8O8. The Morgan fingerprint density at radius 1 is 0.567 bits per heavy atom. The lowest BCUT2D eigenvalue weighted by Crippen LogP contribution is -2.42. The molecule has 0 aliphatic heterocycles. The van der Waals surface area contributed by atoms with Crippen molar-refractivity contribution >= 4 is 57.2 Å². The van der Waals surface area contributed by atoms with Crippen LogP contribution >= 0.6 is 0 Å². The van der Waals surface area contributed by atoms with Gasteiger partial charge in [0.25, 0.3) is 0 Å². The predicted octanol–water partition coefficient (Wildman–Crippen LogP) is 4.34. The maximum atomic E-state index is 13.0. The Labute approximate surface area is 350 Å². The van der Waals surface area contributed by atoms with Crippen molar-refractivity contribution in [1.82, 2.24) is 31.9 Å². The monoisotopic (exact) mass is 826 g/mol. The number of nitrogens with one attached hydrogen (secondary N) is 8. The van der Waals surface area contributed by atoms with Crippen molar-refractivity contribution in [3.63, 3.8) is 0 Å². The molecule has 322 valence electrons. The number of fused-ring (bicyclic) bond motifs is 2. The van der Waals surface area contributed by atoms with E-state index in [0.29, 0.717) is 63.1 Å². The zero-order chi connectivity index (χ0) is 43.3. The number of benzene rings is 4. The molecule has 16 heteroatoms. The van der Waals surface area contributed by atoms with Crippen LogP contribution in [0.1, 0.15) is 51.4 Å². The molecule has 0 saturated heterocycles. The number of rotatable bonds is 23. The number of hydrogen-bond acceptors (Lipinski definition) is 10. The van der Waals surface area contributed by atoms with Crippen LogP contribution in [-0.4, -0.2) is 102 Å². The maximum Gasteiger partial charge on any atom is 0.328 e. The van der Waals surface area contributed by atoms with E-state index in [1.54, 1.807) is 14.1 Å². The van der Waals surface area contributed by atoms with Crippen molar-refractivity contribution in [1.29, 1.82) is 10.8 Å². The first-order valence-corrected chi connectivity index (χ1v) is 20.1. The largest absolute Gasteiger partial charge is 0.493 e. The number of methoxy groups -OCH3 is 2. The van der Waals surface area contributed by atoms with Gasteiger partial charge in [-0.2, -0.15) is 0 Å². The molecule has 0 aliphatic rings. The minimum absolute atomic E-state index is 0.120. The second-order valence-corrected chi connectivity index (χ2v) is 13.9. The van der Waals surface area contributed by atoms with Gasteiger partial charge in [-0.15, -0.1) is 0 Å². The van der Waals surface area contributed by atoms with Crippen molar-refractivity contribution in [2.75, 3.05) is 54.6 Å². The minimum atomic E-state index is -0.809. The zero-order valence-corrected chi connectivity index (χ0v) is 34.8. The van der Waals surface area contributed by atoms with E-state index >= 15 is 0 Å². The van der Waals surface area contributed by atoms with E-state index in [1.807, 2.05) is 72.8 Å². The summed E-state index contributed by atoms with van der Waals surface area (Å²) >= 11 is 0. The van der Waals surface area contributed by atoms with Gasteiger partial charge in [0.05, 0.1) is 27.4 Å². The summed E-state index contributed by atoms with van der Waals surface area (Å²) in [4.78, 5) is 50.7. The number of carbonyl (C=O) groups is 4. The molecular weight excluding hydrogens is 769 g/mol. The summed E-state index contributed by atoms with van der Waals surface area (Å²) in [5.74, 6) is -0.120. The van der Waals surface area contributed by atoms with E-state index in [4.69, 9.17) is 29.8 Å². The summed E-state index contributed by atoms with van der Waals surface area (Å²) in [7, 11) is 5.84. The Balaban J connectivity index is 1.46. The molecule has 0 fully saturated rings. The zero-order valence-electron chi connectivity index (χ0n) is 34.8. The average Bonchev–Trinajstić information content (AvgIpc) is 3.27. The molecule has 0 heterocycles. The second kappa shape index (κ2) is 24.4. The molecule has 2 amide bonds. The van der Waals surface area contributed by atoms with Gasteiger partial charge >= 0.3 is 11.9 Å². The number of hydrogen-bond donors (Lipinski definition) is 8. The molecule has 0 unspecified atom stereocenters. The SMILES string of the molecule is CNC(=N)NCCC[C@@H](NC(=O)CCCOc1ccc2ccccc2c1-c1c(OCCCC(=O)N[C@H](CCCNC(=N)NC)C(=O)OC)ccc2ccccc12)C(=O)OC. The molecule has 60 heavy (non-hydrogen) atoms. The van der Waals surface area contributed by atoms with Crippen LogP contribution in [0.4, 0.5) is 0 Å².